The summed E-state index contributed by atoms with van der Waals surface area (Å²) < 4.78 is 4.44. The normalized spacial score (nSPS) is 11.4. The summed E-state index contributed by atoms with van der Waals surface area (Å²) in [6.07, 6.45) is -3.03. The number of ether oxygens (including phenoxy) is 1. The topological polar surface area (TPSA) is 113 Å². The quantitative estimate of drug-likeness (QED) is 0.610. The second kappa shape index (κ2) is 8.71. The molecule has 0 radical (unpaired) electrons. The van der Waals surface area contributed by atoms with E-state index in [1.165, 1.54) is 6.92 Å². The maximum Gasteiger partial charge on any atom is 0.404 e. The fourth-order valence-corrected chi connectivity index (χ4v) is 1.26. The number of rotatable bonds is 3. The summed E-state index contributed by atoms with van der Waals surface area (Å²) in [5, 5.41) is 25.2. The van der Waals surface area contributed by atoms with Crippen LogP contribution in [0.5, 0.6) is 0 Å². The summed E-state index contributed by atoms with van der Waals surface area (Å²) >= 11 is 5.80. The van der Waals surface area contributed by atoms with E-state index in [2.05, 4.69) is 4.74 Å². The molecule has 0 fully saturated rings. The van der Waals surface area contributed by atoms with Gasteiger partial charge in [0.05, 0.1) is 0 Å². The molecule has 18 heavy (non-hydrogen) atoms. The van der Waals surface area contributed by atoms with Crippen LogP contribution >= 0.6 is 11.6 Å². The Labute approximate surface area is 110 Å². The summed E-state index contributed by atoms with van der Waals surface area (Å²) in [5.74, 6) is 0. The molecule has 6 nitrogen and oxygen atoms in total. The molecule has 1 atom stereocenters. The van der Waals surface area contributed by atoms with E-state index in [0.29, 0.717) is 10.6 Å². The monoisotopic (exact) mass is 277 g/mol. The zero-order valence-corrected chi connectivity index (χ0v) is 10.5. The molecule has 1 amide bonds. The van der Waals surface area contributed by atoms with Crippen molar-refractivity contribution >= 4 is 17.7 Å². The zero-order valence-electron chi connectivity index (χ0n) is 9.78. The third kappa shape index (κ3) is 7.86. The molecule has 1 rings (SSSR count). The van der Waals surface area contributed by atoms with Crippen LogP contribution in [0.3, 0.4) is 0 Å². The number of benzene rings is 1. The van der Waals surface area contributed by atoms with E-state index in [4.69, 9.17) is 27.5 Å². The fraction of sp³-hybridized carbons (Fsp3) is 0.364. The zero-order chi connectivity index (χ0) is 14.1. The van der Waals surface area contributed by atoms with Crippen molar-refractivity contribution in [3.63, 3.8) is 0 Å². The number of hydrogen-bond acceptors (Lipinski definition) is 5. The van der Waals surface area contributed by atoms with E-state index >= 15 is 0 Å². The van der Waals surface area contributed by atoms with Gasteiger partial charge < -0.3 is 25.8 Å². The molecule has 0 aliphatic rings. The summed E-state index contributed by atoms with van der Waals surface area (Å²) in [5.41, 5.74) is 5.26. The van der Waals surface area contributed by atoms with Gasteiger partial charge in [0.15, 0.2) is 0 Å². The van der Waals surface area contributed by atoms with Crippen molar-refractivity contribution in [2.24, 2.45) is 5.73 Å². The number of carbonyl (C=O) groups excluding carboxylic acids is 1. The van der Waals surface area contributed by atoms with E-state index < -0.39 is 18.5 Å². The Bertz CT molecular complexity index is 369. The van der Waals surface area contributed by atoms with Crippen LogP contribution in [0.2, 0.25) is 5.02 Å². The number of amides is 1. The number of aliphatic hydroxyl groups is 3. The molecule has 0 unspecified atom stereocenters. The Morgan fingerprint density at radius 2 is 1.89 bits per heavy atom. The highest BCUT2D eigenvalue weighted by atomic mass is 35.5. The smallest absolute Gasteiger partial charge is 0.404 e. The third-order valence-electron chi connectivity index (χ3n) is 1.65. The molecule has 5 N–H and O–H groups in total. The molecule has 0 aliphatic heterocycles. The largest absolute Gasteiger partial charge is 0.447 e. The van der Waals surface area contributed by atoms with E-state index in [1.807, 2.05) is 0 Å². The first-order chi connectivity index (χ1) is 8.34. The van der Waals surface area contributed by atoms with Crippen molar-refractivity contribution in [1.82, 2.24) is 0 Å². The number of aliphatic hydroxyl groups excluding tert-OH is 2. The predicted octanol–water partition coefficient (Wildman–Crippen LogP) is 0.786. The van der Waals surface area contributed by atoms with Crippen molar-refractivity contribution in [1.29, 1.82) is 0 Å². The van der Waals surface area contributed by atoms with E-state index in [1.54, 1.807) is 24.3 Å². The van der Waals surface area contributed by atoms with E-state index in [9.17, 15) is 9.90 Å². The molecular weight excluding hydrogens is 262 g/mol. The van der Waals surface area contributed by atoms with E-state index in [-0.39, 0.29) is 6.61 Å². The van der Waals surface area contributed by atoms with Gasteiger partial charge in [-0.05, 0) is 13.0 Å². The molecule has 0 aromatic heterocycles. The average molecular weight is 278 g/mol. The third-order valence-corrected chi connectivity index (χ3v) is 1.99. The molecule has 0 saturated heterocycles. The lowest BCUT2D eigenvalue weighted by atomic mass is 10.1. The maximum absolute atomic E-state index is 10.3. The Morgan fingerprint density at radius 1 is 1.39 bits per heavy atom. The molecule has 1 aromatic rings. The Balaban J connectivity index is 0.000000631. The number of halogens is 1. The Kier molecular flexibility index (Phi) is 8.06. The predicted molar refractivity (Wildman–Crippen MR) is 65.8 cm³/mol. The van der Waals surface area contributed by atoms with Crippen LogP contribution in [0.25, 0.3) is 0 Å². The minimum absolute atomic E-state index is 0.195. The lowest BCUT2D eigenvalue weighted by molar-refractivity contribution is -0.0228. The Hall–Kier alpha value is -1.34. The molecule has 102 valence electrons. The first kappa shape index (κ1) is 16.7. The molecule has 0 heterocycles. The van der Waals surface area contributed by atoms with Gasteiger partial charge >= 0.3 is 6.09 Å². The van der Waals surface area contributed by atoms with Gasteiger partial charge in [-0.2, -0.15) is 0 Å². The number of carbonyl (C=O) groups is 1. The SMILES string of the molecule is CC(O)O.NC(=O)OC[C@H](O)c1ccccc1Cl. The number of primary amides is 1. The van der Waals surface area contributed by atoms with Gasteiger partial charge in [0.25, 0.3) is 0 Å². The molecule has 0 saturated carbocycles. The summed E-state index contributed by atoms with van der Waals surface area (Å²) in [6, 6.07) is 6.77. The van der Waals surface area contributed by atoms with Gasteiger partial charge in [-0.3, -0.25) is 0 Å². The van der Waals surface area contributed by atoms with Crippen molar-refractivity contribution in [3.05, 3.63) is 34.9 Å². The van der Waals surface area contributed by atoms with Crippen LogP contribution in [-0.2, 0) is 4.74 Å². The number of hydrogen-bond donors (Lipinski definition) is 4. The van der Waals surface area contributed by atoms with Crippen LogP contribution in [0, 0.1) is 0 Å². The lowest BCUT2D eigenvalue weighted by Gasteiger charge is -2.11. The van der Waals surface area contributed by atoms with Crippen LogP contribution in [0.4, 0.5) is 4.79 Å². The fourth-order valence-electron chi connectivity index (χ4n) is 0.996. The van der Waals surface area contributed by atoms with Crippen LogP contribution in [0.1, 0.15) is 18.6 Å². The highest BCUT2D eigenvalue weighted by Crippen LogP contribution is 2.22. The molecule has 1 aromatic carbocycles. The minimum Gasteiger partial charge on any atom is -0.447 e. The molecular formula is C11H16ClNO5. The second-order valence-electron chi connectivity index (χ2n) is 3.30. The van der Waals surface area contributed by atoms with Crippen molar-refractivity contribution < 1.29 is 24.9 Å². The van der Waals surface area contributed by atoms with Gasteiger partial charge in [0, 0.05) is 10.6 Å². The van der Waals surface area contributed by atoms with Crippen molar-refractivity contribution in [2.75, 3.05) is 6.61 Å². The van der Waals surface area contributed by atoms with Gasteiger partial charge in [0.2, 0.25) is 0 Å². The standard InChI is InChI=1S/C9H10ClNO3.C2H6O2/c10-7-4-2-1-3-6(7)8(12)5-14-9(11)13;1-2(3)4/h1-4,8,12H,5H2,(H2,11,13);2-4H,1H3/t8-;/m0./s1. The summed E-state index contributed by atoms with van der Waals surface area (Å²) in [4.78, 5) is 10.3. The van der Waals surface area contributed by atoms with Gasteiger partial charge in [-0.15, -0.1) is 0 Å². The van der Waals surface area contributed by atoms with Crippen molar-refractivity contribution in [3.8, 4) is 0 Å². The van der Waals surface area contributed by atoms with Crippen molar-refractivity contribution in [2.45, 2.75) is 19.3 Å². The molecule has 0 aliphatic carbocycles. The first-order valence-electron chi connectivity index (χ1n) is 5.05. The first-order valence-corrected chi connectivity index (χ1v) is 5.43. The highest BCUT2D eigenvalue weighted by Gasteiger charge is 2.12. The van der Waals surface area contributed by atoms with E-state index in [0.717, 1.165) is 0 Å². The number of nitrogens with two attached hydrogens (primary N) is 1. The lowest BCUT2D eigenvalue weighted by Crippen LogP contribution is -2.17. The molecule has 7 heteroatoms. The highest BCUT2D eigenvalue weighted by molar-refractivity contribution is 6.31. The molecule has 0 spiro atoms. The van der Waals surface area contributed by atoms with Gasteiger partial charge in [0.1, 0.15) is 19.0 Å². The van der Waals surface area contributed by atoms with Gasteiger partial charge in [-0.25, -0.2) is 4.79 Å². The second-order valence-corrected chi connectivity index (χ2v) is 3.71. The summed E-state index contributed by atoms with van der Waals surface area (Å²) in [6.45, 7) is 1.08. The van der Waals surface area contributed by atoms with Crippen LogP contribution in [-0.4, -0.2) is 34.3 Å². The summed E-state index contributed by atoms with van der Waals surface area (Å²) in [7, 11) is 0. The minimum atomic E-state index is -1.17. The van der Waals surface area contributed by atoms with Gasteiger partial charge in [-0.1, -0.05) is 29.8 Å². The maximum atomic E-state index is 10.3. The van der Waals surface area contributed by atoms with Crippen LogP contribution in [0.15, 0.2) is 24.3 Å². The average Bonchev–Trinajstić information content (AvgIpc) is 2.25. The molecule has 0 bridgehead atoms. The van der Waals surface area contributed by atoms with Crippen LogP contribution < -0.4 is 5.73 Å². The Morgan fingerprint density at radius 3 is 2.33 bits per heavy atom.